The first-order valence-corrected chi connectivity index (χ1v) is 7.56. The van der Waals surface area contributed by atoms with Gasteiger partial charge >= 0.3 is 5.97 Å². The maximum Gasteiger partial charge on any atom is 0.303 e. The zero-order valence-corrected chi connectivity index (χ0v) is 13.1. The Bertz CT molecular complexity index is 655. The van der Waals surface area contributed by atoms with Gasteiger partial charge in [-0.1, -0.05) is 18.2 Å². The van der Waals surface area contributed by atoms with Crippen molar-refractivity contribution in [3.63, 3.8) is 0 Å². The second-order valence-electron chi connectivity index (χ2n) is 4.98. The Morgan fingerprint density at radius 2 is 1.42 bits per heavy atom. The zero-order chi connectivity index (χ0) is 17.2. The van der Waals surface area contributed by atoms with Crippen LogP contribution >= 0.6 is 0 Å². The number of ether oxygens (including phenoxy) is 2. The predicted octanol–water partition coefficient (Wildman–Crippen LogP) is 2.95. The van der Waals surface area contributed by atoms with E-state index in [1.165, 1.54) is 0 Å². The van der Waals surface area contributed by atoms with Crippen LogP contribution in [0.1, 0.15) is 12.8 Å². The highest BCUT2D eigenvalue weighted by Crippen LogP contribution is 2.16. The Labute approximate surface area is 140 Å². The average Bonchev–Trinajstić information content (AvgIpc) is 2.59. The molecule has 0 saturated carbocycles. The molecule has 6 nitrogen and oxygen atoms in total. The lowest BCUT2D eigenvalue weighted by atomic mass is 10.2. The van der Waals surface area contributed by atoms with Crippen LogP contribution in [0, 0.1) is 0 Å². The van der Waals surface area contributed by atoms with Gasteiger partial charge in [0.2, 0.25) is 5.91 Å². The van der Waals surface area contributed by atoms with Gasteiger partial charge in [-0.2, -0.15) is 0 Å². The molecule has 0 fully saturated rings. The quantitative estimate of drug-likeness (QED) is 0.691. The van der Waals surface area contributed by atoms with Crippen LogP contribution in [0.3, 0.4) is 0 Å². The maximum atomic E-state index is 11.5. The van der Waals surface area contributed by atoms with E-state index in [2.05, 4.69) is 5.32 Å². The largest absolute Gasteiger partial charge is 0.490 e. The molecule has 0 heterocycles. The SMILES string of the molecule is O=C(O)CCC(=O)Nc1ccc(OCCOc2ccccc2)cc1. The van der Waals surface area contributed by atoms with E-state index in [0.29, 0.717) is 24.7 Å². The molecule has 0 aliphatic carbocycles. The van der Waals surface area contributed by atoms with Crippen LogP contribution in [0.15, 0.2) is 54.6 Å². The average molecular weight is 329 g/mol. The molecule has 1 amide bonds. The lowest BCUT2D eigenvalue weighted by Crippen LogP contribution is -2.13. The fourth-order valence-corrected chi connectivity index (χ4v) is 1.91. The molecular formula is C18H19NO5. The van der Waals surface area contributed by atoms with Gasteiger partial charge in [-0.15, -0.1) is 0 Å². The lowest BCUT2D eigenvalue weighted by Gasteiger charge is -2.09. The summed E-state index contributed by atoms with van der Waals surface area (Å²) in [5.41, 5.74) is 0.596. The van der Waals surface area contributed by atoms with Crippen molar-refractivity contribution in [2.75, 3.05) is 18.5 Å². The van der Waals surface area contributed by atoms with Crippen LogP contribution in [0.4, 0.5) is 5.69 Å². The standard InChI is InChI=1S/C18H19NO5/c20-17(10-11-18(21)22)19-14-6-8-16(9-7-14)24-13-12-23-15-4-2-1-3-5-15/h1-9H,10-13H2,(H,19,20)(H,21,22). The van der Waals surface area contributed by atoms with Gasteiger partial charge in [-0.05, 0) is 36.4 Å². The number of hydrogen-bond acceptors (Lipinski definition) is 4. The number of aliphatic carboxylic acids is 1. The molecule has 2 aromatic carbocycles. The molecule has 0 saturated heterocycles. The molecule has 2 N–H and O–H groups in total. The van der Waals surface area contributed by atoms with E-state index >= 15 is 0 Å². The minimum absolute atomic E-state index is 0.0512. The third-order valence-electron chi connectivity index (χ3n) is 3.07. The first-order valence-electron chi connectivity index (χ1n) is 7.56. The first kappa shape index (κ1) is 17.3. The third-order valence-corrected chi connectivity index (χ3v) is 3.07. The molecule has 0 spiro atoms. The second kappa shape index (κ2) is 9.19. The summed E-state index contributed by atoms with van der Waals surface area (Å²) in [5, 5.41) is 11.2. The summed E-state index contributed by atoms with van der Waals surface area (Å²) in [6.07, 6.45) is -0.237. The van der Waals surface area contributed by atoms with Gasteiger partial charge in [-0.3, -0.25) is 9.59 Å². The molecule has 0 aliphatic heterocycles. The Morgan fingerprint density at radius 3 is 2.00 bits per heavy atom. The van der Waals surface area contributed by atoms with Gasteiger partial charge < -0.3 is 19.9 Å². The zero-order valence-electron chi connectivity index (χ0n) is 13.1. The van der Waals surface area contributed by atoms with Crippen LogP contribution in [0.2, 0.25) is 0 Å². The first-order chi connectivity index (χ1) is 11.6. The van der Waals surface area contributed by atoms with Crippen LogP contribution in [0.5, 0.6) is 11.5 Å². The van der Waals surface area contributed by atoms with Crippen LogP contribution in [0.25, 0.3) is 0 Å². The smallest absolute Gasteiger partial charge is 0.303 e. The summed E-state index contributed by atoms with van der Waals surface area (Å²) in [7, 11) is 0. The number of anilines is 1. The van der Waals surface area contributed by atoms with Crippen LogP contribution in [-0.4, -0.2) is 30.2 Å². The lowest BCUT2D eigenvalue weighted by molar-refractivity contribution is -0.138. The number of amides is 1. The van der Waals surface area contributed by atoms with Crippen LogP contribution in [-0.2, 0) is 9.59 Å². The third kappa shape index (κ3) is 6.39. The van der Waals surface area contributed by atoms with Crippen molar-refractivity contribution in [3.05, 3.63) is 54.6 Å². The van der Waals surface area contributed by atoms with Gasteiger partial charge in [0.25, 0.3) is 0 Å². The van der Waals surface area contributed by atoms with Crippen molar-refractivity contribution in [3.8, 4) is 11.5 Å². The van der Waals surface area contributed by atoms with Gasteiger partial charge in [0.15, 0.2) is 0 Å². The Kier molecular flexibility index (Phi) is 6.64. The number of benzene rings is 2. The van der Waals surface area contributed by atoms with Crippen molar-refractivity contribution in [2.45, 2.75) is 12.8 Å². The van der Waals surface area contributed by atoms with Gasteiger partial charge in [0, 0.05) is 12.1 Å². The highest BCUT2D eigenvalue weighted by atomic mass is 16.5. The molecule has 0 bridgehead atoms. The highest BCUT2D eigenvalue weighted by Gasteiger charge is 2.05. The molecule has 126 valence electrons. The number of rotatable bonds is 9. The van der Waals surface area contributed by atoms with Gasteiger partial charge in [-0.25, -0.2) is 0 Å². The number of para-hydroxylation sites is 1. The number of carboxylic acid groups (broad SMARTS) is 1. The number of carbonyl (C=O) groups excluding carboxylic acids is 1. The number of carboxylic acids is 1. The van der Waals surface area contributed by atoms with Crippen molar-refractivity contribution < 1.29 is 24.2 Å². The number of hydrogen-bond donors (Lipinski definition) is 2. The van der Waals surface area contributed by atoms with Gasteiger partial charge in [0.1, 0.15) is 24.7 Å². The summed E-state index contributed by atoms with van der Waals surface area (Å²) >= 11 is 0. The molecule has 2 rings (SSSR count). The summed E-state index contributed by atoms with van der Waals surface area (Å²) in [6.45, 7) is 0.830. The fraction of sp³-hybridized carbons (Fsp3) is 0.222. The van der Waals surface area contributed by atoms with E-state index in [9.17, 15) is 9.59 Å². The summed E-state index contributed by atoms with van der Waals surface area (Å²) in [5.74, 6) is 0.129. The number of carbonyl (C=O) groups is 2. The molecule has 2 aromatic rings. The van der Waals surface area contributed by atoms with Crippen molar-refractivity contribution >= 4 is 17.6 Å². The fourth-order valence-electron chi connectivity index (χ4n) is 1.91. The van der Waals surface area contributed by atoms with E-state index in [4.69, 9.17) is 14.6 Å². The van der Waals surface area contributed by atoms with Crippen molar-refractivity contribution in [1.29, 1.82) is 0 Å². The van der Waals surface area contributed by atoms with Crippen LogP contribution < -0.4 is 14.8 Å². The van der Waals surface area contributed by atoms with Gasteiger partial charge in [0.05, 0.1) is 6.42 Å². The summed E-state index contributed by atoms with van der Waals surface area (Å²) in [6, 6.07) is 16.3. The van der Waals surface area contributed by atoms with E-state index in [1.807, 2.05) is 30.3 Å². The van der Waals surface area contributed by atoms with Crippen molar-refractivity contribution in [1.82, 2.24) is 0 Å². The summed E-state index contributed by atoms with van der Waals surface area (Å²) in [4.78, 5) is 21.9. The molecule has 0 atom stereocenters. The number of nitrogens with one attached hydrogen (secondary N) is 1. The Morgan fingerprint density at radius 1 is 0.833 bits per heavy atom. The molecule has 24 heavy (non-hydrogen) atoms. The molecule has 0 unspecified atom stereocenters. The second-order valence-corrected chi connectivity index (χ2v) is 4.98. The highest BCUT2D eigenvalue weighted by molar-refractivity contribution is 5.92. The molecule has 0 aromatic heterocycles. The molecule has 0 aliphatic rings. The van der Waals surface area contributed by atoms with E-state index in [1.54, 1.807) is 24.3 Å². The van der Waals surface area contributed by atoms with E-state index in [-0.39, 0.29) is 18.7 Å². The maximum absolute atomic E-state index is 11.5. The van der Waals surface area contributed by atoms with E-state index < -0.39 is 5.97 Å². The predicted molar refractivity (Wildman–Crippen MR) is 89.4 cm³/mol. The monoisotopic (exact) mass is 329 g/mol. The van der Waals surface area contributed by atoms with Crippen molar-refractivity contribution in [2.24, 2.45) is 0 Å². The normalized spacial score (nSPS) is 10.0. The summed E-state index contributed by atoms with van der Waals surface area (Å²) < 4.78 is 11.1. The molecular weight excluding hydrogens is 310 g/mol. The minimum atomic E-state index is -0.994. The Balaban J connectivity index is 1.70. The molecule has 6 heteroatoms. The minimum Gasteiger partial charge on any atom is -0.490 e. The Hall–Kier alpha value is -3.02. The van der Waals surface area contributed by atoms with E-state index in [0.717, 1.165) is 5.75 Å². The molecule has 0 radical (unpaired) electrons. The topological polar surface area (TPSA) is 84.9 Å².